The molecule has 12 rings (SSSR count). The lowest BCUT2D eigenvalue weighted by molar-refractivity contribution is 0.669. The van der Waals surface area contributed by atoms with Gasteiger partial charge in [0.25, 0.3) is 0 Å². The molecule has 4 heteroatoms. The first-order chi connectivity index (χ1) is 30.8. The van der Waals surface area contributed by atoms with Crippen LogP contribution in [0.2, 0.25) is 0 Å². The summed E-state index contributed by atoms with van der Waals surface area (Å²) in [5, 5.41) is 16.3. The first kappa shape index (κ1) is 35.7. The number of benzene rings is 9. The average Bonchev–Trinajstić information content (AvgIpc) is 3.92. The fraction of sp³-hybridized carbons (Fsp3) is 0.0172. The zero-order valence-corrected chi connectivity index (χ0v) is 33.7. The number of nitrogens with zero attached hydrogens (tertiary/aromatic N) is 3. The van der Waals surface area contributed by atoms with Gasteiger partial charge in [-0.2, -0.15) is 0 Å². The number of aromatic nitrogens is 3. The van der Waals surface area contributed by atoms with Crippen LogP contribution < -0.4 is 0 Å². The molecule has 0 aliphatic heterocycles. The number of hydrogen-bond donors (Lipinski definition) is 0. The molecule has 0 saturated carbocycles. The first-order valence-corrected chi connectivity index (χ1v) is 21.1. The Balaban J connectivity index is 1.25. The van der Waals surface area contributed by atoms with Gasteiger partial charge in [-0.1, -0.05) is 188 Å². The normalized spacial score (nSPS) is 11.8. The monoisotopic (exact) mass is 791 g/mol. The Hall–Kier alpha value is -8.21. The zero-order chi connectivity index (χ0) is 41.0. The minimum atomic E-state index is 0.760. The van der Waals surface area contributed by atoms with Gasteiger partial charge in [0, 0.05) is 33.0 Å². The maximum Gasteiger partial charge on any atom is 0.136 e. The highest BCUT2D eigenvalue weighted by Gasteiger charge is 2.31. The van der Waals surface area contributed by atoms with E-state index in [9.17, 15) is 0 Å². The molecule has 0 amide bonds. The van der Waals surface area contributed by atoms with Crippen molar-refractivity contribution in [1.82, 2.24) is 15.4 Å². The van der Waals surface area contributed by atoms with Gasteiger partial charge in [-0.25, -0.2) is 0 Å². The van der Waals surface area contributed by atoms with Crippen LogP contribution in [0.15, 0.2) is 217 Å². The van der Waals surface area contributed by atoms with E-state index in [1.165, 1.54) is 44.5 Å². The smallest absolute Gasteiger partial charge is 0.136 e. The van der Waals surface area contributed by atoms with Crippen LogP contribution >= 0.6 is 0 Å². The van der Waals surface area contributed by atoms with Crippen molar-refractivity contribution in [3.8, 4) is 89.3 Å². The fourth-order valence-corrected chi connectivity index (χ4v) is 9.72. The lowest BCUT2D eigenvalue weighted by atomic mass is 9.79. The molecule has 1 aliphatic carbocycles. The lowest BCUT2D eigenvalue weighted by Crippen LogP contribution is -2.02. The molecule has 0 spiro atoms. The maximum absolute atomic E-state index is 6.73. The van der Waals surface area contributed by atoms with E-state index in [-0.39, 0.29) is 0 Å². The second kappa shape index (κ2) is 14.8. The number of hydrogen-bond acceptors (Lipinski definition) is 4. The van der Waals surface area contributed by atoms with E-state index in [2.05, 4.69) is 187 Å². The van der Waals surface area contributed by atoms with Crippen LogP contribution in [0.4, 0.5) is 0 Å². The summed E-state index contributed by atoms with van der Waals surface area (Å²) in [6.45, 7) is 0. The van der Waals surface area contributed by atoms with Gasteiger partial charge in [-0.05, 0) is 103 Å². The van der Waals surface area contributed by atoms with Crippen LogP contribution in [0.25, 0.3) is 111 Å². The molecule has 0 bridgehead atoms. The SMILES string of the molecule is c1ccc(-c2cc3c(c(-c4ccc5oc6ccccc6c5c4-c4ccccc4-c4nnnc(-c5ccccc5)c4-c4ccccc4)c2-c2ccccc2)Cc2ccccc2-3)cc1. The van der Waals surface area contributed by atoms with Gasteiger partial charge in [0.05, 0.1) is 0 Å². The molecule has 0 unspecified atom stereocenters. The number of fused-ring (bicyclic) bond motifs is 6. The van der Waals surface area contributed by atoms with Crippen molar-refractivity contribution in [3.05, 3.63) is 223 Å². The standard InChI is InChI=1S/C58H37N3O/c1-5-19-37(20-6-1)47-36-48-42-28-14-13-27-41(42)35-49(48)55(52(47)38-21-7-2-8-22-38)46-33-34-51-56(45-31-17-18-32-50(45)62-51)54(46)43-29-15-16-30-44(43)58-53(39-23-9-3-10-24-39)57(59-61-60-58)40-25-11-4-12-26-40/h1-34,36H,35H2. The quantitative estimate of drug-likeness (QED) is 0.161. The Labute approximate surface area is 359 Å². The molecule has 0 N–H and O–H groups in total. The van der Waals surface area contributed by atoms with Crippen molar-refractivity contribution in [1.29, 1.82) is 0 Å². The summed E-state index contributed by atoms with van der Waals surface area (Å²) in [5.74, 6) is 0. The summed E-state index contributed by atoms with van der Waals surface area (Å²) in [6.07, 6.45) is 0.815. The zero-order valence-electron chi connectivity index (χ0n) is 33.7. The minimum Gasteiger partial charge on any atom is -0.456 e. The van der Waals surface area contributed by atoms with Crippen LogP contribution in [-0.4, -0.2) is 15.4 Å². The topological polar surface area (TPSA) is 51.8 Å². The predicted octanol–water partition coefficient (Wildman–Crippen LogP) is 15.0. The fourth-order valence-electron chi connectivity index (χ4n) is 9.72. The molecule has 9 aromatic carbocycles. The average molecular weight is 792 g/mol. The Morgan fingerprint density at radius 1 is 0.339 bits per heavy atom. The summed E-state index contributed by atoms with van der Waals surface area (Å²) in [4.78, 5) is 0. The second-order valence-electron chi connectivity index (χ2n) is 15.9. The molecule has 4 nitrogen and oxygen atoms in total. The Kier molecular flexibility index (Phi) is 8.53. The lowest BCUT2D eigenvalue weighted by Gasteiger charge is -2.24. The Bertz CT molecular complexity index is 3470. The van der Waals surface area contributed by atoms with Gasteiger partial charge in [-0.15, -0.1) is 10.2 Å². The van der Waals surface area contributed by atoms with Crippen molar-refractivity contribution in [3.63, 3.8) is 0 Å². The highest BCUT2D eigenvalue weighted by Crippen LogP contribution is 2.55. The van der Waals surface area contributed by atoms with E-state index in [0.29, 0.717) is 0 Å². The molecule has 0 saturated heterocycles. The van der Waals surface area contributed by atoms with Crippen molar-refractivity contribution < 1.29 is 4.42 Å². The summed E-state index contributed by atoms with van der Waals surface area (Å²) in [6, 6.07) is 75.4. The molecule has 11 aromatic rings. The highest BCUT2D eigenvalue weighted by molar-refractivity contribution is 6.19. The number of para-hydroxylation sites is 1. The summed E-state index contributed by atoms with van der Waals surface area (Å²) in [5.41, 5.74) is 21.5. The molecular formula is C58H37N3O. The summed E-state index contributed by atoms with van der Waals surface area (Å²) in [7, 11) is 0. The minimum absolute atomic E-state index is 0.760. The maximum atomic E-state index is 6.73. The van der Waals surface area contributed by atoms with Gasteiger partial charge in [0.1, 0.15) is 22.6 Å². The molecule has 0 fully saturated rings. The van der Waals surface area contributed by atoms with Crippen molar-refractivity contribution in [2.75, 3.05) is 0 Å². The van der Waals surface area contributed by atoms with Gasteiger partial charge in [0.2, 0.25) is 0 Å². The van der Waals surface area contributed by atoms with Gasteiger partial charge < -0.3 is 4.42 Å². The Morgan fingerprint density at radius 3 is 1.63 bits per heavy atom. The highest BCUT2D eigenvalue weighted by atomic mass is 16.3. The van der Waals surface area contributed by atoms with Gasteiger partial charge in [0.15, 0.2) is 0 Å². The van der Waals surface area contributed by atoms with Crippen LogP contribution in [0.3, 0.4) is 0 Å². The predicted molar refractivity (Wildman–Crippen MR) is 253 cm³/mol. The third kappa shape index (κ3) is 5.80. The molecular weight excluding hydrogens is 755 g/mol. The van der Waals surface area contributed by atoms with E-state index < -0.39 is 0 Å². The van der Waals surface area contributed by atoms with Crippen LogP contribution in [0.1, 0.15) is 11.1 Å². The third-order valence-electron chi connectivity index (χ3n) is 12.4. The summed E-state index contributed by atoms with van der Waals surface area (Å²) >= 11 is 0. The van der Waals surface area contributed by atoms with Crippen LogP contribution in [-0.2, 0) is 6.42 Å². The van der Waals surface area contributed by atoms with Crippen molar-refractivity contribution in [2.24, 2.45) is 0 Å². The van der Waals surface area contributed by atoms with E-state index in [1.54, 1.807) is 0 Å². The van der Waals surface area contributed by atoms with Crippen molar-refractivity contribution >= 4 is 21.9 Å². The molecule has 1 aliphatic rings. The molecule has 62 heavy (non-hydrogen) atoms. The van der Waals surface area contributed by atoms with E-state index in [0.717, 1.165) is 84.3 Å². The summed E-state index contributed by atoms with van der Waals surface area (Å²) < 4.78 is 6.73. The van der Waals surface area contributed by atoms with E-state index >= 15 is 0 Å². The second-order valence-corrected chi connectivity index (χ2v) is 15.9. The number of furan rings is 1. The van der Waals surface area contributed by atoms with E-state index in [4.69, 9.17) is 14.6 Å². The number of rotatable bonds is 7. The third-order valence-corrected chi connectivity index (χ3v) is 12.4. The molecule has 290 valence electrons. The van der Waals surface area contributed by atoms with Crippen LogP contribution in [0, 0.1) is 0 Å². The molecule has 2 aromatic heterocycles. The van der Waals surface area contributed by atoms with Crippen molar-refractivity contribution in [2.45, 2.75) is 6.42 Å². The molecule has 0 radical (unpaired) electrons. The van der Waals surface area contributed by atoms with Gasteiger partial charge in [-0.3, -0.25) is 0 Å². The van der Waals surface area contributed by atoms with E-state index in [1.807, 2.05) is 30.3 Å². The molecule has 2 heterocycles. The van der Waals surface area contributed by atoms with Gasteiger partial charge >= 0.3 is 0 Å². The molecule has 0 atom stereocenters. The Morgan fingerprint density at radius 2 is 0.903 bits per heavy atom. The largest absolute Gasteiger partial charge is 0.456 e. The first-order valence-electron chi connectivity index (χ1n) is 21.1. The van der Waals surface area contributed by atoms with Crippen LogP contribution in [0.5, 0.6) is 0 Å².